The number of sulfonamides is 1. The number of rotatable bonds is 12. The van der Waals surface area contributed by atoms with Crippen LogP contribution in [0.1, 0.15) is 30.5 Å². The molecule has 0 heterocycles. The fourth-order valence-electron chi connectivity index (χ4n) is 4.77. The molecule has 2 amide bonds. The van der Waals surface area contributed by atoms with E-state index in [-0.39, 0.29) is 45.5 Å². The van der Waals surface area contributed by atoms with Crippen LogP contribution in [0.15, 0.2) is 102 Å². The van der Waals surface area contributed by atoms with Gasteiger partial charge in [0.25, 0.3) is 10.0 Å². The molecule has 0 aliphatic rings. The summed E-state index contributed by atoms with van der Waals surface area (Å²) in [6.07, 6.45) is 0.184. The fourth-order valence-corrected chi connectivity index (χ4v) is 6.82. The third-order valence-corrected chi connectivity index (χ3v) is 9.88. The second-order valence-electron chi connectivity index (χ2n) is 10.9. The molecule has 0 aliphatic heterocycles. The number of hydrogen-bond donors (Lipinski definition) is 1. The quantitative estimate of drug-likeness (QED) is 0.169. The van der Waals surface area contributed by atoms with Gasteiger partial charge in [-0.15, -0.1) is 0 Å². The van der Waals surface area contributed by atoms with E-state index in [2.05, 4.69) is 5.32 Å². The third-order valence-electron chi connectivity index (χ3n) is 7.05. The average Bonchev–Trinajstić information content (AvgIpc) is 3.00. The van der Waals surface area contributed by atoms with Crippen LogP contribution in [0.2, 0.25) is 15.1 Å². The third kappa shape index (κ3) is 8.79. The number of halogens is 3. The second kappa shape index (κ2) is 15.1. The van der Waals surface area contributed by atoms with Gasteiger partial charge in [-0.3, -0.25) is 13.9 Å². The van der Waals surface area contributed by atoms with Crippen molar-refractivity contribution in [2.45, 2.75) is 50.7 Å². The first kappa shape index (κ1) is 34.3. The Kier molecular flexibility index (Phi) is 11.6. The highest BCUT2D eigenvalue weighted by Gasteiger charge is 2.35. The molecule has 0 spiro atoms. The maximum atomic E-state index is 14.5. The first-order valence-electron chi connectivity index (χ1n) is 14.3. The zero-order chi connectivity index (χ0) is 32.7. The van der Waals surface area contributed by atoms with Crippen molar-refractivity contribution >= 4 is 62.3 Å². The van der Waals surface area contributed by atoms with Gasteiger partial charge in [0.15, 0.2) is 0 Å². The molecular formula is C34H34Cl3N3O4S. The molecule has 7 nitrogen and oxygen atoms in total. The molecule has 236 valence electrons. The number of carbonyl (C=O) groups is 2. The first-order valence-corrected chi connectivity index (χ1v) is 16.9. The van der Waals surface area contributed by atoms with Crippen LogP contribution in [0.5, 0.6) is 0 Å². The van der Waals surface area contributed by atoms with Gasteiger partial charge in [-0.1, -0.05) is 101 Å². The van der Waals surface area contributed by atoms with Crippen molar-refractivity contribution in [3.63, 3.8) is 0 Å². The number of nitrogens with one attached hydrogen (secondary N) is 1. The highest BCUT2D eigenvalue weighted by atomic mass is 35.5. The van der Waals surface area contributed by atoms with E-state index in [1.807, 2.05) is 51.1 Å². The molecule has 11 heteroatoms. The zero-order valence-corrected chi connectivity index (χ0v) is 28.2. The zero-order valence-electron chi connectivity index (χ0n) is 25.1. The lowest BCUT2D eigenvalue weighted by molar-refractivity contribution is -0.140. The van der Waals surface area contributed by atoms with Crippen LogP contribution in [-0.2, 0) is 32.6 Å². The Hall–Kier alpha value is -3.56. The van der Waals surface area contributed by atoms with Crippen LogP contribution >= 0.6 is 34.8 Å². The van der Waals surface area contributed by atoms with E-state index in [1.54, 1.807) is 48.5 Å². The Balaban J connectivity index is 1.83. The number of para-hydroxylation sites is 1. The summed E-state index contributed by atoms with van der Waals surface area (Å²) in [5.74, 6) is -0.996. The maximum absolute atomic E-state index is 14.5. The molecule has 0 aromatic heterocycles. The van der Waals surface area contributed by atoms with Crippen molar-refractivity contribution in [1.82, 2.24) is 10.2 Å². The summed E-state index contributed by atoms with van der Waals surface area (Å²) in [5.41, 5.74) is 2.44. The number of anilines is 1. The largest absolute Gasteiger partial charge is 0.352 e. The Bertz CT molecular complexity index is 1750. The highest BCUT2D eigenvalue weighted by molar-refractivity contribution is 7.92. The molecule has 4 aromatic rings. The van der Waals surface area contributed by atoms with Gasteiger partial charge in [-0.25, -0.2) is 8.42 Å². The molecule has 4 aromatic carbocycles. The predicted molar refractivity (Wildman–Crippen MR) is 181 cm³/mol. The van der Waals surface area contributed by atoms with Crippen LogP contribution in [0.25, 0.3) is 0 Å². The summed E-state index contributed by atoms with van der Waals surface area (Å²) in [4.78, 5) is 29.6. The predicted octanol–water partition coefficient (Wildman–Crippen LogP) is 7.32. The van der Waals surface area contributed by atoms with E-state index in [9.17, 15) is 18.0 Å². The normalized spacial score (nSPS) is 12.1. The summed E-state index contributed by atoms with van der Waals surface area (Å²) in [5, 5.41) is 3.70. The molecule has 0 saturated carbocycles. The molecule has 0 aliphatic carbocycles. The van der Waals surface area contributed by atoms with Crippen molar-refractivity contribution in [1.29, 1.82) is 0 Å². The van der Waals surface area contributed by atoms with Crippen LogP contribution in [0.3, 0.4) is 0 Å². The lowest BCUT2D eigenvalue weighted by atomic mass is 10.0. The Morgan fingerprint density at radius 2 is 1.42 bits per heavy atom. The number of nitrogens with zero attached hydrogens (tertiary/aromatic N) is 2. The molecule has 0 bridgehead atoms. The minimum atomic E-state index is -4.27. The van der Waals surface area contributed by atoms with Gasteiger partial charge >= 0.3 is 0 Å². The summed E-state index contributed by atoms with van der Waals surface area (Å²) in [7, 11) is -4.27. The van der Waals surface area contributed by atoms with Crippen molar-refractivity contribution < 1.29 is 18.0 Å². The Morgan fingerprint density at radius 1 is 0.778 bits per heavy atom. The fraction of sp³-hybridized carbons (Fsp3) is 0.235. The first-order chi connectivity index (χ1) is 21.4. The minimum Gasteiger partial charge on any atom is -0.352 e. The van der Waals surface area contributed by atoms with Gasteiger partial charge in [0.2, 0.25) is 11.8 Å². The number of carbonyl (C=O) groups excluding carboxylic acids is 2. The van der Waals surface area contributed by atoms with E-state index in [1.165, 1.54) is 23.1 Å². The molecule has 0 fully saturated rings. The van der Waals surface area contributed by atoms with Crippen LogP contribution in [0, 0.1) is 6.92 Å². The molecule has 4 rings (SSSR count). The highest BCUT2D eigenvalue weighted by Crippen LogP contribution is 2.31. The van der Waals surface area contributed by atoms with Gasteiger partial charge in [0, 0.05) is 19.0 Å². The average molecular weight is 687 g/mol. The van der Waals surface area contributed by atoms with Crippen molar-refractivity contribution in [2.24, 2.45) is 0 Å². The molecular weight excluding hydrogens is 653 g/mol. The van der Waals surface area contributed by atoms with Gasteiger partial charge < -0.3 is 10.2 Å². The minimum absolute atomic E-state index is 0.00441. The van der Waals surface area contributed by atoms with Gasteiger partial charge in [-0.2, -0.15) is 0 Å². The molecule has 0 unspecified atom stereocenters. The molecule has 45 heavy (non-hydrogen) atoms. The summed E-state index contributed by atoms with van der Waals surface area (Å²) >= 11 is 19.0. The van der Waals surface area contributed by atoms with Crippen LogP contribution in [0.4, 0.5) is 5.69 Å². The lowest BCUT2D eigenvalue weighted by Gasteiger charge is -2.34. The van der Waals surface area contributed by atoms with E-state index >= 15 is 0 Å². The second-order valence-corrected chi connectivity index (χ2v) is 14.0. The number of aryl methyl sites for hydroxylation is 1. The number of benzene rings is 4. The molecule has 0 radical (unpaired) electrons. The van der Waals surface area contributed by atoms with Crippen molar-refractivity contribution in [3.8, 4) is 0 Å². The standard InChI is InChI=1S/C34H34Cl3N3O4S/c1-23(2)38-34(42)32(20-25-9-5-4-6-10-25)39(21-26-15-18-28(35)30(37)19-26)33(41)22-40(31-12-8-7-11-29(31)36)45(43,44)27-16-13-24(3)14-17-27/h4-19,23,32H,20-22H2,1-3H3,(H,38,42)/t32-/m0/s1. The van der Waals surface area contributed by atoms with Crippen LogP contribution < -0.4 is 9.62 Å². The Labute approximate surface area is 279 Å². The van der Waals surface area contributed by atoms with E-state index in [0.29, 0.717) is 10.6 Å². The van der Waals surface area contributed by atoms with E-state index in [4.69, 9.17) is 34.8 Å². The molecule has 1 atom stereocenters. The summed E-state index contributed by atoms with van der Waals surface area (Å²) < 4.78 is 29.2. The summed E-state index contributed by atoms with van der Waals surface area (Å²) in [6.45, 7) is 4.84. The monoisotopic (exact) mass is 685 g/mol. The lowest BCUT2D eigenvalue weighted by Crippen LogP contribution is -2.54. The van der Waals surface area contributed by atoms with E-state index in [0.717, 1.165) is 15.4 Å². The van der Waals surface area contributed by atoms with Gasteiger partial charge in [-0.05, 0) is 68.3 Å². The topological polar surface area (TPSA) is 86.8 Å². The summed E-state index contributed by atoms with van der Waals surface area (Å²) in [6, 6.07) is 25.8. The van der Waals surface area contributed by atoms with Crippen LogP contribution in [-0.4, -0.2) is 43.8 Å². The molecule has 1 N–H and O–H groups in total. The number of amides is 2. The number of hydrogen-bond acceptors (Lipinski definition) is 4. The Morgan fingerprint density at radius 3 is 2.04 bits per heavy atom. The van der Waals surface area contributed by atoms with E-state index < -0.39 is 28.5 Å². The smallest absolute Gasteiger partial charge is 0.264 e. The maximum Gasteiger partial charge on any atom is 0.264 e. The SMILES string of the molecule is Cc1ccc(S(=O)(=O)N(CC(=O)N(Cc2ccc(Cl)c(Cl)c2)[C@@H](Cc2ccccc2)C(=O)NC(C)C)c2ccccc2Cl)cc1. The van der Waals surface area contributed by atoms with Crippen molar-refractivity contribution in [3.05, 3.63) is 129 Å². The van der Waals surface area contributed by atoms with Gasteiger partial charge in [0.1, 0.15) is 12.6 Å². The van der Waals surface area contributed by atoms with Crippen molar-refractivity contribution in [2.75, 3.05) is 10.8 Å². The molecule has 0 saturated heterocycles. The van der Waals surface area contributed by atoms with Gasteiger partial charge in [0.05, 0.1) is 25.7 Å².